The lowest BCUT2D eigenvalue weighted by atomic mass is 10.0. The number of halogens is 3. The van der Waals surface area contributed by atoms with Gasteiger partial charge in [0.2, 0.25) is 0 Å². The van der Waals surface area contributed by atoms with Crippen LogP contribution in [0.15, 0.2) is 72.0 Å². The zero-order valence-corrected chi connectivity index (χ0v) is 26.1. The van der Waals surface area contributed by atoms with Crippen LogP contribution in [0.3, 0.4) is 0 Å². The van der Waals surface area contributed by atoms with Gasteiger partial charge in [-0.1, -0.05) is 53.7 Å². The fourth-order valence-electron chi connectivity index (χ4n) is 5.86. The maximum absolute atomic E-state index is 13.1. The lowest BCUT2D eigenvalue weighted by Gasteiger charge is -2.37. The number of aromatic nitrogens is 3. The number of benzene rings is 3. The van der Waals surface area contributed by atoms with Gasteiger partial charge in [0.25, 0.3) is 0 Å². The van der Waals surface area contributed by atoms with Crippen molar-refractivity contribution in [1.82, 2.24) is 20.1 Å². The molecule has 1 saturated heterocycles. The lowest BCUT2D eigenvalue weighted by Crippen LogP contribution is -2.43. The second-order valence-corrected chi connectivity index (χ2v) is 12.6. The molecule has 8 nitrogen and oxygen atoms in total. The predicted octanol–water partition coefficient (Wildman–Crippen LogP) is 7.71. The molecular formula is C33H33F3N6O2S. The highest BCUT2D eigenvalue weighted by atomic mass is 32.2. The number of nitrogens with one attached hydrogen (secondary N) is 1. The number of nitrogens with zero attached hydrogens (tertiary/aromatic N) is 5. The van der Waals surface area contributed by atoms with Gasteiger partial charge in [-0.3, -0.25) is 0 Å². The van der Waals surface area contributed by atoms with Crippen molar-refractivity contribution in [3.63, 3.8) is 0 Å². The molecule has 234 valence electrons. The third-order valence-electron chi connectivity index (χ3n) is 8.01. The third-order valence-corrected chi connectivity index (χ3v) is 9.00. The van der Waals surface area contributed by atoms with Crippen molar-refractivity contribution in [3.05, 3.63) is 89.2 Å². The maximum Gasteiger partial charge on any atom is 0.573 e. The molecular weight excluding hydrogens is 601 g/mol. The van der Waals surface area contributed by atoms with Gasteiger partial charge in [-0.2, -0.15) is 4.99 Å². The number of carbonyl (C=O) groups is 1. The van der Waals surface area contributed by atoms with E-state index in [0.717, 1.165) is 40.6 Å². The number of amides is 2. The minimum absolute atomic E-state index is 0.0108. The third kappa shape index (κ3) is 7.00. The molecule has 2 aliphatic rings. The first-order chi connectivity index (χ1) is 21.4. The Kier molecular flexibility index (Phi) is 8.34. The highest BCUT2D eigenvalue weighted by Crippen LogP contribution is 2.41. The molecule has 1 aliphatic carbocycles. The van der Waals surface area contributed by atoms with Crippen molar-refractivity contribution in [3.8, 4) is 22.8 Å². The van der Waals surface area contributed by atoms with Gasteiger partial charge in [-0.25, -0.2) is 14.5 Å². The molecule has 1 aliphatic heterocycles. The van der Waals surface area contributed by atoms with Crippen molar-refractivity contribution >= 4 is 28.6 Å². The highest BCUT2D eigenvalue weighted by molar-refractivity contribution is 8.14. The molecule has 0 spiro atoms. The molecule has 0 radical (unpaired) electrons. The van der Waals surface area contributed by atoms with Crippen molar-refractivity contribution in [1.29, 1.82) is 0 Å². The quantitative estimate of drug-likeness (QED) is 0.234. The first-order valence-corrected chi connectivity index (χ1v) is 15.7. The number of ether oxygens (including phenoxy) is 1. The van der Waals surface area contributed by atoms with E-state index in [1.807, 2.05) is 24.3 Å². The summed E-state index contributed by atoms with van der Waals surface area (Å²) in [5.41, 5.74) is 7.15. The summed E-state index contributed by atoms with van der Waals surface area (Å²) >= 11 is 1.62. The van der Waals surface area contributed by atoms with Crippen LogP contribution in [0.25, 0.3) is 17.1 Å². The minimum Gasteiger partial charge on any atom is -0.406 e. The predicted molar refractivity (Wildman–Crippen MR) is 170 cm³/mol. The molecule has 2 heterocycles. The fraction of sp³-hybridized carbons (Fsp3) is 0.333. The van der Waals surface area contributed by atoms with Crippen LogP contribution in [0, 0.1) is 20.8 Å². The van der Waals surface area contributed by atoms with E-state index in [0.29, 0.717) is 11.5 Å². The number of amidine groups is 1. The molecule has 45 heavy (non-hydrogen) atoms. The van der Waals surface area contributed by atoms with Gasteiger partial charge in [0, 0.05) is 35.0 Å². The van der Waals surface area contributed by atoms with Crippen LogP contribution in [0.1, 0.15) is 47.9 Å². The number of hydrogen-bond acceptors (Lipinski definition) is 5. The molecule has 4 aromatic rings. The average Bonchev–Trinajstić information content (AvgIpc) is 3.55. The Hall–Kier alpha value is -4.32. The zero-order chi connectivity index (χ0) is 31.9. The minimum atomic E-state index is -4.75. The largest absolute Gasteiger partial charge is 0.573 e. The smallest absolute Gasteiger partial charge is 0.406 e. The van der Waals surface area contributed by atoms with E-state index >= 15 is 0 Å². The van der Waals surface area contributed by atoms with Crippen molar-refractivity contribution in [2.75, 3.05) is 10.7 Å². The molecule has 3 unspecified atom stereocenters. The SMILES string of the molecule is Cc1cc(C)c(N2C(=NC(=O)NC3CC3c3ccc(-c4ncn(-c5ccc(OC(F)(F)F)cc5)n4)cc3)SCCC2C)c(C)c1. The van der Waals surface area contributed by atoms with E-state index in [1.165, 1.54) is 52.0 Å². The molecule has 1 N–H and O–H groups in total. The van der Waals surface area contributed by atoms with Crippen LogP contribution in [-0.2, 0) is 0 Å². The lowest BCUT2D eigenvalue weighted by molar-refractivity contribution is -0.274. The Balaban J connectivity index is 1.09. The summed E-state index contributed by atoms with van der Waals surface area (Å²) in [6, 6.07) is 17.6. The topological polar surface area (TPSA) is 84.6 Å². The van der Waals surface area contributed by atoms with Crippen molar-refractivity contribution < 1.29 is 22.7 Å². The standard InChI is InChI=1S/C33H33F3N6O2S/c1-19-15-20(2)29(21(3)16-19)42-22(4)13-14-45-32(42)39-31(43)38-28-17-27(28)23-5-7-24(8-6-23)30-37-18-41(40-30)25-9-11-26(12-10-25)44-33(34,35)36/h5-12,15-16,18,22,27-28H,13-14,17H2,1-4H3,(H,38,43). The van der Waals surface area contributed by atoms with E-state index in [2.05, 4.69) is 69.9 Å². The molecule has 1 saturated carbocycles. The van der Waals surface area contributed by atoms with E-state index in [4.69, 9.17) is 0 Å². The number of hydrogen-bond donors (Lipinski definition) is 1. The van der Waals surface area contributed by atoms with Crippen LogP contribution in [0.4, 0.5) is 23.7 Å². The Morgan fingerprint density at radius 1 is 1.04 bits per heavy atom. The Morgan fingerprint density at radius 2 is 1.73 bits per heavy atom. The first kappa shape index (κ1) is 30.7. The van der Waals surface area contributed by atoms with Crippen molar-refractivity contribution in [2.45, 2.75) is 64.9 Å². The van der Waals surface area contributed by atoms with E-state index in [1.54, 1.807) is 11.8 Å². The summed E-state index contributed by atoms with van der Waals surface area (Å²) in [5.74, 6) is 1.29. The van der Waals surface area contributed by atoms with Crippen molar-refractivity contribution in [2.24, 2.45) is 4.99 Å². The Labute approximate surface area is 263 Å². The molecule has 3 aromatic carbocycles. The number of aryl methyl sites for hydroxylation is 3. The van der Waals surface area contributed by atoms with E-state index < -0.39 is 6.36 Å². The molecule has 2 amide bonds. The fourth-order valence-corrected chi connectivity index (χ4v) is 7.06. The normalized spacial score (nSPS) is 20.7. The number of carbonyl (C=O) groups excluding carboxylic acids is 1. The average molecular weight is 635 g/mol. The zero-order valence-electron chi connectivity index (χ0n) is 25.3. The number of urea groups is 1. The summed E-state index contributed by atoms with van der Waals surface area (Å²) in [4.78, 5) is 24.2. The van der Waals surface area contributed by atoms with Crippen LogP contribution >= 0.6 is 11.8 Å². The summed E-state index contributed by atoms with van der Waals surface area (Å²) in [7, 11) is 0. The molecule has 3 atom stereocenters. The molecule has 2 fully saturated rings. The van der Waals surface area contributed by atoms with Gasteiger partial charge in [0.15, 0.2) is 11.0 Å². The number of alkyl halides is 3. The molecule has 0 bridgehead atoms. The van der Waals surface area contributed by atoms with Gasteiger partial charge < -0.3 is 15.0 Å². The molecule has 6 rings (SSSR count). The molecule has 12 heteroatoms. The monoisotopic (exact) mass is 634 g/mol. The molecule has 1 aromatic heterocycles. The second-order valence-electron chi connectivity index (χ2n) is 11.6. The van der Waals surface area contributed by atoms with E-state index in [-0.39, 0.29) is 29.8 Å². The van der Waals surface area contributed by atoms with Gasteiger partial charge in [-0.05, 0) is 81.5 Å². The number of thioether (sulfide) groups is 1. The number of aliphatic imine (C=N–C) groups is 1. The Bertz CT molecular complexity index is 1710. The van der Waals surface area contributed by atoms with Gasteiger partial charge in [0.1, 0.15) is 12.1 Å². The second kappa shape index (κ2) is 12.2. The summed E-state index contributed by atoms with van der Waals surface area (Å²) < 4.78 is 42.7. The van der Waals surface area contributed by atoms with Gasteiger partial charge in [-0.15, -0.1) is 18.3 Å². The van der Waals surface area contributed by atoms with Gasteiger partial charge >= 0.3 is 12.4 Å². The summed E-state index contributed by atoms with van der Waals surface area (Å²) in [6.45, 7) is 8.50. The maximum atomic E-state index is 13.1. The highest BCUT2D eigenvalue weighted by Gasteiger charge is 2.40. The van der Waals surface area contributed by atoms with Crippen LogP contribution in [-0.4, -0.2) is 50.2 Å². The number of rotatable bonds is 6. The first-order valence-electron chi connectivity index (χ1n) is 14.7. The summed E-state index contributed by atoms with van der Waals surface area (Å²) in [5, 5.41) is 8.30. The van der Waals surface area contributed by atoms with E-state index in [9.17, 15) is 18.0 Å². The van der Waals surface area contributed by atoms with Crippen LogP contribution in [0.5, 0.6) is 5.75 Å². The van der Waals surface area contributed by atoms with Crippen LogP contribution < -0.4 is 15.0 Å². The Morgan fingerprint density at radius 3 is 2.40 bits per heavy atom. The summed E-state index contributed by atoms with van der Waals surface area (Å²) in [6.07, 6.45) is -1.39. The van der Waals surface area contributed by atoms with Crippen LogP contribution in [0.2, 0.25) is 0 Å². The number of anilines is 1. The van der Waals surface area contributed by atoms with Gasteiger partial charge in [0.05, 0.1) is 5.69 Å².